The molecule has 50 heavy (non-hydrogen) atoms. The van der Waals surface area contributed by atoms with Gasteiger partial charge >= 0.3 is 11.7 Å². The predicted molar refractivity (Wildman–Crippen MR) is 190 cm³/mol. The number of nitro groups is 2. The zero-order valence-corrected chi connectivity index (χ0v) is 30.0. The number of methoxy groups -OCH3 is 1. The summed E-state index contributed by atoms with van der Waals surface area (Å²) in [5, 5.41) is 22.9. The zero-order valence-electron chi connectivity index (χ0n) is 27.0. The van der Waals surface area contributed by atoms with E-state index in [4.69, 9.17) is 23.7 Å². The SMILES string of the molecule is CCOc1ccc([C@H]2C(C(=O)OC)=CN=c3s/c(=C/c4cc(I)c(Oc5ccc([N+](=O)[O-])cc5[N+](=O)[O-])c(OCC)c4)c(=O)n32)cc1OCC. The van der Waals surface area contributed by atoms with Crippen molar-refractivity contribution in [2.24, 2.45) is 4.99 Å². The van der Waals surface area contributed by atoms with Crippen LogP contribution in [0.25, 0.3) is 6.08 Å². The number of hydrogen-bond donors (Lipinski definition) is 0. The number of rotatable bonds is 13. The quantitative estimate of drug-likeness (QED) is 0.0726. The number of halogens is 1. The molecule has 0 aliphatic carbocycles. The molecule has 1 aliphatic rings. The highest BCUT2D eigenvalue weighted by Crippen LogP contribution is 2.42. The second-order valence-corrected chi connectivity index (χ2v) is 12.5. The molecule has 1 atom stereocenters. The number of hydrogen-bond acceptors (Lipinski definition) is 13. The van der Waals surface area contributed by atoms with E-state index in [0.717, 1.165) is 29.5 Å². The summed E-state index contributed by atoms with van der Waals surface area (Å²) in [4.78, 5) is 53.2. The Kier molecular flexibility index (Phi) is 11.2. The Morgan fingerprint density at radius 1 is 0.940 bits per heavy atom. The second kappa shape index (κ2) is 15.5. The van der Waals surface area contributed by atoms with Crippen molar-refractivity contribution in [2.45, 2.75) is 26.8 Å². The number of non-ortho nitro benzene ring substituents is 1. The molecule has 4 aromatic rings. The maximum atomic E-state index is 14.1. The lowest BCUT2D eigenvalue weighted by atomic mass is 9.97. The van der Waals surface area contributed by atoms with Crippen LogP contribution in [0, 0.1) is 23.8 Å². The molecule has 0 radical (unpaired) electrons. The van der Waals surface area contributed by atoms with Crippen molar-refractivity contribution in [1.29, 1.82) is 0 Å². The Hall–Kier alpha value is -5.30. The van der Waals surface area contributed by atoms with Gasteiger partial charge in [-0.3, -0.25) is 29.6 Å². The van der Waals surface area contributed by atoms with Crippen molar-refractivity contribution in [1.82, 2.24) is 4.57 Å². The molecule has 0 saturated carbocycles. The van der Waals surface area contributed by atoms with Crippen LogP contribution in [-0.2, 0) is 9.53 Å². The van der Waals surface area contributed by atoms with E-state index in [2.05, 4.69) is 4.99 Å². The van der Waals surface area contributed by atoms with Crippen LogP contribution in [0.3, 0.4) is 0 Å². The Morgan fingerprint density at radius 2 is 1.62 bits per heavy atom. The van der Waals surface area contributed by atoms with Gasteiger partial charge < -0.3 is 23.7 Å². The summed E-state index contributed by atoms with van der Waals surface area (Å²) in [7, 11) is 1.25. The number of esters is 1. The Balaban J connectivity index is 1.61. The standard InChI is InChI=1S/C33H29IN4O11S/c1-5-46-25-10-8-19(15-26(25)47-6-2)29-21(32(40)45-4)17-35-33-36(29)31(39)28(50-33)14-18-12-22(34)30(27(13-18)48-7-3)49-24-11-9-20(37(41)42)16-23(24)38(43)44/h8-17,29H,5-7H2,1-4H3/b28-14+/t29-/m0/s1. The molecule has 0 N–H and O–H groups in total. The van der Waals surface area contributed by atoms with Crippen LogP contribution >= 0.6 is 33.9 Å². The largest absolute Gasteiger partial charge is 0.490 e. The lowest BCUT2D eigenvalue weighted by molar-refractivity contribution is -0.394. The number of carbonyl (C=O) groups excluding carboxylic acids is 1. The van der Waals surface area contributed by atoms with Crippen molar-refractivity contribution >= 4 is 57.3 Å². The minimum atomic E-state index is -0.886. The molecule has 0 amide bonds. The molecule has 3 aromatic carbocycles. The minimum absolute atomic E-state index is 0.145. The highest BCUT2D eigenvalue weighted by molar-refractivity contribution is 14.1. The fraction of sp³-hybridized carbons (Fsp3) is 0.242. The molecular formula is C33H29IN4O11S. The summed E-state index contributed by atoms with van der Waals surface area (Å²) in [6, 6.07) is 10.7. The fourth-order valence-corrected chi connectivity index (χ4v) is 6.84. The summed E-state index contributed by atoms with van der Waals surface area (Å²) in [5.74, 6) is 0.462. The van der Waals surface area contributed by atoms with E-state index in [1.807, 2.05) is 36.4 Å². The van der Waals surface area contributed by atoms with Gasteiger partial charge in [-0.15, -0.1) is 0 Å². The number of fused-ring (bicyclic) bond motifs is 1. The summed E-state index contributed by atoms with van der Waals surface area (Å²) < 4.78 is 30.5. The van der Waals surface area contributed by atoms with Crippen molar-refractivity contribution in [3.63, 3.8) is 0 Å². The lowest BCUT2D eigenvalue weighted by Gasteiger charge is -2.23. The number of aromatic nitrogens is 1. The Morgan fingerprint density at radius 3 is 2.28 bits per heavy atom. The Bertz CT molecular complexity index is 2210. The van der Waals surface area contributed by atoms with Gasteiger partial charge in [0.15, 0.2) is 27.8 Å². The predicted octanol–water partition coefficient (Wildman–Crippen LogP) is 5.43. The monoisotopic (exact) mass is 816 g/mol. The topological polar surface area (TPSA) is 184 Å². The molecule has 2 heterocycles. The van der Waals surface area contributed by atoms with E-state index in [-0.39, 0.29) is 29.4 Å². The number of ether oxygens (including phenoxy) is 5. The summed E-state index contributed by atoms with van der Waals surface area (Å²) >= 11 is 3.09. The van der Waals surface area contributed by atoms with Gasteiger partial charge in [0.05, 0.1) is 62.6 Å². The van der Waals surface area contributed by atoms with E-state index >= 15 is 0 Å². The van der Waals surface area contributed by atoms with Gasteiger partial charge in [0.1, 0.15) is 0 Å². The van der Waals surface area contributed by atoms with Gasteiger partial charge in [-0.2, -0.15) is 0 Å². The van der Waals surface area contributed by atoms with Gasteiger partial charge in [-0.1, -0.05) is 17.4 Å². The molecule has 0 fully saturated rings. The maximum absolute atomic E-state index is 14.1. The van der Waals surface area contributed by atoms with Gasteiger partial charge in [0.25, 0.3) is 11.2 Å². The van der Waals surface area contributed by atoms with Crippen LogP contribution in [0.15, 0.2) is 70.1 Å². The number of carbonyl (C=O) groups is 1. The van der Waals surface area contributed by atoms with Crippen LogP contribution in [0.1, 0.15) is 37.9 Å². The number of nitro benzene ring substituents is 2. The lowest BCUT2D eigenvalue weighted by Crippen LogP contribution is -2.39. The van der Waals surface area contributed by atoms with Crippen LogP contribution in [-0.4, -0.2) is 47.3 Å². The normalized spacial score (nSPS) is 13.8. The van der Waals surface area contributed by atoms with E-state index in [9.17, 15) is 29.8 Å². The molecule has 260 valence electrons. The summed E-state index contributed by atoms with van der Waals surface area (Å²) in [6.45, 7) is 6.42. The summed E-state index contributed by atoms with van der Waals surface area (Å²) in [5.41, 5.74) is -0.213. The third-order valence-corrected chi connectivity index (χ3v) is 9.00. The number of benzene rings is 3. The van der Waals surface area contributed by atoms with Gasteiger partial charge in [-0.25, -0.2) is 9.79 Å². The average molecular weight is 817 g/mol. The molecule has 0 spiro atoms. The van der Waals surface area contributed by atoms with Gasteiger partial charge in [-0.05, 0) is 90.9 Å². The molecule has 0 bridgehead atoms. The van der Waals surface area contributed by atoms with E-state index in [1.54, 1.807) is 43.3 Å². The van der Waals surface area contributed by atoms with Gasteiger partial charge in [0.2, 0.25) is 5.75 Å². The highest BCUT2D eigenvalue weighted by atomic mass is 127. The fourth-order valence-electron chi connectivity index (χ4n) is 5.13. The van der Waals surface area contributed by atoms with Crippen LogP contribution in [0.2, 0.25) is 0 Å². The molecule has 17 heteroatoms. The summed E-state index contributed by atoms with van der Waals surface area (Å²) in [6.07, 6.45) is 3.03. The number of nitrogens with zero attached hydrogens (tertiary/aromatic N) is 4. The van der Waals surface area contributed by atoms with Crippen molar-refractivity contribution in [3.05, 3.63) is 115 Å². The zero-order chi connectivity index (χ0) is 36.1. The van der Waals surface area contributed by atoms with Crippen molar-refractivity contribution < 1.29 is 38.3 Å². The molecule has 1 aromatic heterocycles. The first-order chi connectivity index (χ1) is 24.0. The molecule has 15 nitrogen and oxygen atoms in total. The second-order valence-electron chi connectivity index (χ2n) is 10.3. The molecule has 1 aliphatic heterocycles. The van der Waals surface area contributed by atoms with Crippen molar-refractivity contribution in [2.75, 3.05) is 26.9 Å². The van der Waals surface area contributed by atoms with Crippen LogP contribution in [0.4, 0.5) is 11.4 Å². The smallest absolute Gasteiger partial charge is 0.337 e. The minimum Gasteiger partial charge on any atom is -0.490 e. The first-order valence-electron chi connectivity index (χ1n) is 15.1. The molecule has 5 rings (SSSR count). The van der Waals surface area contributed by atoms with Crippen LogP contribution < -0.4 is 33.8 Å². The van der Waals surface area contributed by atoms with E-state index < -0.39 is 38.8 Å². The third-order valence-electron chi connectivity index (χ3n) is 7.20. The molecule has 0 saturated heterocycles. The average Bonchev–Trinajstić information content (AvgIpc) is 3.40. The first kappa shape index (κ1) is 36.0. The molecular weight excluding hydrogens is 787 g/mol. The van der Waals surface area contributed by atoms with Crippen LogP contribution in [0.5, 0.6) is 28.7 Å². The first-order valence-corrected chi connectivity index (χ1v) is 17.0. The highest BCUT2D eigenvalue weighted by Gasteiger charge is 2.32. The van der Waals surface area contributed by atoms with E-state index in [0.29, 0.717) is 48.7 Å². The maximum Gasteiger partial charge on any atom is 0.337 e. The van der Waals surface area contributed by atoms with Crippen molar-refractivity contribution in [3.8, 4) is 28.7 Å². The Labute approximate surface area is 301 Å². The number of thiazole rings is 1. The van der Waals surface area contributed by atoms with Gasteiger partial charge in [0, 0.05) is 12.3 Å². The third kappa shape index (κ3) is 7.32. The molecule has 0 unspecified atom stereocenters. The van der Waals surface area contributed by atoms with E-state index in [1.165, 1.54) is 17.9 Å².